The van der Waals surface area contributed by atoms with E-state index >= 15 is 0 Å². The van der Waals surface area contributed by atoms with Crippen molar-refractivity contribution in [2.24, 2.45) is 10.8 Å². The van der Waals surface area contributed by atoms with Crippen LogP contribution in [0.3, 0.4) is 0 Å². The van der Waals surface area contributed by atoms with Crippen molar-refractivity contribution in [3.63, 3.8) is 0 Å². The lowest BCUT2D eigenvalue weighted by atomic mass is 9.97. The summed E-state index contributed by atoms with van der Waals surface area (Å²) in [5, 5.41) is 22.6. The predicted octanol–water partition coefficient (Wildman–Crippen LogP) is 2.53. The summed E-state index contributed by atoms with van der Waals surface area (Å²) in [5.74, 6) is -2.41. The van der Waals surface area contributed by atoms with Crippen LogP contribution < -0.4 is 10.7 Å². The van der Waals surface area contributed by atoms with Gasteiger partial charge >= 0.3 is 12.1 Å². The molecule has 3 rings (SSSR count). The molecule has 10 heteroatoms. The minimum absolute atomic E-state index is 0.0385. The topological polar surface area (TPSA) is 112 Å². The average molecular weight is 380 g/mol. The number of carbonyl (C=O) groups is 1. The number of ether oxygens (including phenoxy) is 1. The van der Waals surface area contributed by atoms with Crippen LogP contribution >= 0.6 is 0 Å². The van der Waals surface area contributed by atoms with Crippen LogP contribution in [-0.2, 0) is 9.53 Å². The quantitative estimate of drug-likeness (QED) is 0.774. The highest BCUT2D eigenvalue weighted by molar-refractivity contribution is 6.08. The number of nitrogens with two attached hydrogens (primary N) is 1. The van der Waals surface area contributed by atoms with Gasteiger partial charge in [0.2, 0.25) is 0 Å². The molecule has 1 aromatic carbocycles. The summed E-state index contributed by atoms with van der Waals surface area (Å²) in [4.78, 5) is 8.90. The molecule has 142 valence electrons. The highest BCUT2D eigenvalue weighted by Crippen LogP contribution is 2.29. The van der Waals surface area contributed by atoms with Crippen molar-refractivity contribution in [2.45, 2.75) is 19.2 Å². The lowest BCUT2D eigenvalue weighted by molar-refractivity contribution is -0.192. The van der Waals surface area contributed by atoms with Crippen LogP contribution in [0.5, 0.6) is 0 Å². The minimum Gasteiger partial charge on any atom is -0.475 e. The molecule has 0 fully saturated rings. The van der Waals surface area contributed by atoms with E-state index in [-0.39, 0.29) is 6.10 Å². The van der Waals surface area contributed by atoms with Gasteiger partial charge in [-0.3, -0.25) is 0 Å². The van der Waals surface area contributed by atoms with Crippen LogP contribution in [0, 0.1) is 11.3 Å². The number of hydrazone groups is 1. The fourth-order valence-corrected chi connectivity index (χ4v) is 2.28. The molecule has 0 radical (unpaired) electrons. The third kappa shape index (κ3) is 4.65. The minimum atomic E-state index is -5.08. The number of hydrogen-bond donors (Lipinski definition) is 2. The third-order valence-electron chi connectivity index (χ3n) is 3.52. The van der Waals surface area contributed by atoms with Gasteiger partial charge in [-0.05, 0) is 25.1 Å². The SMILES string of the molecule is CC1C=C2C(=NN(c3ccccc3)C(N)=C2C#N)CO1.O=C(O)C(F)(F)F. The maximum absolute atomic E-state index is 10.6. The Morgan fingerprint density at radius 2 is 2.00 bits per heavy atom. The molecule has 0 saturated heterocycles. The molecule has 0 bridgehead atoms. The van der Waals surface area contributed by atoms with Gasteiger partial charge in [-0.15, -0.1) is 0 Å². The van der Waals surface area contributed by atoms with Crippen LogP contribution in [-0.4, -0.2) is 35.7 Å². The Bertz CT molecular complexity index is 854. The number of nitriles is 1. The van der Waals surface area contributed by atoms with Gasteiger partial charge in [0.05, 0.1) is 24.1 Å². The predicted molar refractivity (Wildman–Crippen MR) is 90.4 cm³/mol. The Balaban J connectivity index is 0.000000321. The maximum atomic E-state index is 10.6. The smallest absolute Gasteiger partial charge is 0.475 e. The molecule has 2 heterocycles. The lowest BCUT2D eigenvalue weighted by Crippen LogP contribution is -2.35. The number of rotatable bonds is 1. The van der Waals surface area contributed by atoms with Crippen molar-refractivity contribution >= 4 is 17.4 Å². The second-order valence-corrected chi connectivity index (χ2v) is 5.47. The number of carboxylic acid groups (broad SMARTS) is 1. The Kier molecular flexibility index (Phi) is 5.87. The lowest BCUT2D eigenvalue weighted by Gasteiger charge is -2.30. The standard InChI is InChI=1S/C15H14N4O.C2HF3O2/c1-10-7-12-13(8-16)15(17)19(18-14(12)9-20-10)11-5-3-2-4-6-11;3-2(4,5)1(6)7/h2-7,10H,9,17H2,1H3;(H,6,7). The molecule has 1 unspecified atom stereocenters. The van der Waals surface area contributed by atoms with Crippen LogP contribution in [0.2, 0.25) is 0 Å². The van der Waals surface area contributed by atoms with Gasteiger partial charge in [0.1, 0.15) is 17.5 Å². The molecule has 0 saturated carbocycles. The number of benzene rings is 1. The number of nitrogens with zero attached hydrogens (tertiary/aromatic N) is 3. The molecule has 0 spiro atoms. The molecule has 0 aliphatic carbocycles. The van der Waals surface area contributed by atoms with E-state index in [1.165, 1.54) is 0 Å². The van der Waals surface area contributed by atoms with Crippen molar-refractivity contribution in [2.75, 3.05) is 11.6 Å². The van der Waals surface area contributed by atoms with Crippen LogP contribution in [0.4, 0.5) is 18.9 Å². The number of aliphatic carboxylic acids is 1. The first-order valence-corrected chi connectivity index (χ1v) is 7.62. The fraction of sp³-hybridized carbons (Fsp3) is 0.235. The van der Waals surface area contributed by atoms with Crippen LogP contribution in [0.25, 0.3) is 0 Å². The summed E-state index contributed by atoms with van der Waals surface area (Å²) < 4.78 is 37.3. The van der Waals surface area contributed by atoms with E-state index in [0.717, 1.165) is 17.0 Å². The monoisotopic (exact) mass is 380 g/mol. The zero-order valence-electron chi connectivity index (χ0n) is 14.1. The van der Waals surface area contributed by atoms with Crippen molar-refractivity contribution in [3.8, 4) is 6.07 Å². The number of fused-ring (bicyclic) bond motifs is 1. The molecule has 2 aliphatic heterocycles. The zero-order valence-corrected chi connectivity index (χ0v) is 14.1. The van der Waals surface area contributed by atoms with Crippen LogP contribution in [0.1, 0.15) is 6.92 Å². The number of allylic oxidation sites excluding steroid dienone is 1. The highest BCUT2D eigenvalue weighted by Gasteiger charge is 2.38. The van der Waals surface area contributed by atoms with Gasteiger partial charge in [0.25, 0.3) is 0 Å². The summed E-state index contributed by atoms with van der Waals surface area (Å²) in [5.41, 5.74) is 8.91. The van der Waals surface area contributed by atoms with Crippen LogP contribution in [0.15, 0.2) is 58.5 Å². The molecule has 3 N–H and O–H groups in total. The Hall–Kier alpha value is -3.32. The first-order valence-electron chi connectivity index (χ1n) is 7.62. The molecule has 2 aliphatic rings. The third-order valence-corrected chi connectivity index (χ3v) is 3.52. The first kappa shape index (κ1) is 20.0. The van der Waals surface area contributed by atoms with Gasteiger partial charge in [-0.25, -0.2) is 9.80 Å². The molecule has 0 aromatic heterocycles. The number of halogens is 3. The zero-order chi connectivity index (χ0) is 20.2. The number of alkyl halides is 3. The molecular formula is C17H15F3N4O3. The Morgan fingerprint density at radius 1 is 1.41 bits per heavy atom. The van der Waals surface area contributed by atoms with E-state index in [4.69, 9.17) is 20.4 Å². The van der Waals surface area contributed by atoms with Gasteiger partial charge in [-0.1, -0.05) is 18.2 Å². The molecule has 1 aromatic rings. The number of para-hydroxylation sites is 1. The first-order chi connectivity index (χ1) is 12.6. The Labute approximate surface area is 152 Å². The summed E-state index contributed by atoms with van der Waals surface area (Å²) in [7, 11) is 0. The van der Waals surface area contributed by atoms with Crippen molar-refractivity contribution < 1.29 is 27.8 Å². The number of carboxylic acids is 1. The second-order valence-electron chi connectivity index (χ2n) is 5.47. The molecule has 27 heavy (non-hydrogen) atoms. The van der Waals surface area contributed by atoms with Crippen molar-refractivity contribution in [1.29, 1.82) is 5.26 Å². The van der Waals surface area contributed by atoms with Gasteiger partial charge < -0.3 is 15.6 Å². The molecular weight excluding hydrogens is 365 g/mol. The van der Waals surface area contributed by atoms with E-state index in [1.807, 2.05) is 43.3 Å². The molecule has 1 atom stereocenters. The summed E-state index contributed by atoms with van der Waals surface area (Å²) in [6, 6.07) is 11.7. The Morgan fingerprint density at radius 3 is 2.52 bits per heavy atom. The molecule has 0 amide bonds. The van der Waals surface area contributed by atoms with Crippen molar-refractivity contribution in [3.05, 3.63) is 53.4 Å². The van der Waals surface area contributed by atoms with Gasteiger partial charge in [0.15, 0.2) is 0 Å². The van der Waals surface area contributed by atoms with E-state index in [2.05, 4.69) is 11.2 Å². The number of hydrogen-bond acceptors (Lipinski definition) is 6. The second kappa shape index (κ2) is 7.92. The fourth-order valence-electron chi connectivity index (χ4n) is 2.28. The number of anilines is 1. The average Bonchev–Trinajstić information content (AvgIpc) is 2.62. The largest absolute Gasteiger partial charge is 0.490 e. The normalized spacial score (nSPS) is 19.1. The van der Waals surface area contributed by atoms with E-state index in [1.54, 1.807) is 5.01 Å². The summed E-state index contributed by atoms with van der Waals surface area (Å²) >= 11 is 0. The highest BCUT2D eigenvalue weighted by atomic mass is 19.4. The summed E-state index contributed by atoms with van der Waals surface area (Å²) in [6.45, 7) is 2.31. The van der Waals surface area contributed by atoms with Crippen molar-refractivity contribution in [1.82, 2.24) is 0 Å². The van der Waals surface area contributed by atoms with Gasteiger partial charge in [-0.2, -0.15) is 23.5 Å². The van der Waals surface area contributed by atoms with Gasteiger partial charge in [0, 0.05) is 5.57 Å². The maximum Gasteiger partial charge on any atom is 0.490 e. The molecule has 7 nitrogen and oxygen atoms in total. The van der Waals surface area contributed by atoms with E-state index in [9.17, 15) is 18.4 Å². The summed E-state index contributed by atoms with van der Waals surface area (Å²) in [6.07, 6.45) is -3.24. The van der Waals surface area contributed by atoms with E-state index in [0.29, 0.717) is 18.0 Å². The van der Waals surface area contributed by atoms with E-state index < -0.39 is 12.1 Å².